The van der Waals surface area contributed by atoms with Crippen molar-refractivity contribution in [3.05, 3.63) is 123 Å². The van der Waals surface area contributed by atoms with Gasteiger partial charge in [0.05, 0.1) is 17.7 Å². The van der Waals surface area contributed by atoms with Crippen molar-refractivity contribution in [2.45, 2.75) is 51.1 Å². The molecule has 0 bridgehead atoms. The van der Waals surface area contributed by atoms with E-state index in [1.54, 1.807) is 48.5 Å². The lowest BCUT2D eigenvalue weighted by Crippen LogP contribution is -2.53. The summed E-state index contributed by atoms with van der Waals surface area (Å²) in [5, 5.41) is 3.55. The van der Waals surface area contributed by atoms with Gasteiger partial charge in [-0.25, -0.2) is 8.42 Å². The van der Waals surface area contributed by atoms with E-state index in [9.17, 15) is 18.0 Å². The predicted octanol–water partition coefficient (Wildman–Crippen LogP) is 6.98. The Balaban J connectivity index is 1.88. The first-order chi connectivity index (χ1) is 22.5. The number of anilines is 1. The highest BCUT2D eigenvalue weighted by Crippen LogP contribution is 2.34. The van der Waals surface area contributed by atoms with E-state index in [0.29, 0.717) is 28.6 Å². The number of rotatable bonds is 14. The van der Waals surface area contributed by atoms with E-state index in [4.69, 9.17) is 27.9 Å². The first-order valence-corrected chi connectivity index (χ1v) is 17.4. The molecule has 4 aromatic rings. The fourth-order valence-corrected chi connectivity index (χ4v) is 7.05. The Morgan fingerprint density at radius 2 is 1.51 bits per heavy atom. The normalized spacial score (nSPS) is 11.9. The van der Waals surface area contributed by atoms with Crippen molar-refractivity contribution in [1.29, 1.82) is 0 Å². The minimum atomic E-state index is -4.30. The van der Waals surface area contributed by atoms with Crippen LogP contribution < -0.4 is 14.4 Å². The molecule has 0 aliphatic heterocycles. The van der Waals surface area contributed by atoms with Crippen molar-refractivity contribution in [1.82, 2.24) is 10.2 Å². The highest BCUT2D eigenvalue weighted by molar-refractivity contribution is 7.92. The maximum atomic E-state index is 14.7. The Morgan fingerprint density at radius 3 is 2.13 bits per heavy atom. The fraction of sp³-hybridized carbons (Fsp3) is 0.278. The van der Waals surface area contributed by atoms with Crippen molar-refractivity contribution in [3.8, 4) is 5.75 Å². The number of sulfonamides is 1. The molecule has 0 unspecified atom stereocenters. The third kappa shape index (κ3) is 8.86. The van der Waals surface area contributed by atoms with Crippen LogP contribution in [0.2, 0.25) is 10.0 Å². The lowest BCUT2D eigenvalue weighted by Gasteiger charge is -2.34. The number of hydrogen-bond acceptors (Lipinski definition) is 5. The summed E-state index contributed by atoms with van der Waals surface area (Å²) in [6.45, 7) is 5.23. The van der Waals surface area contributed by atoms with Gasteiger partial charge < -0.3 is 15.0 Å². The highest BCUT2D eigenvalue weighted by Gasteiger charge is 2.36. The van der Waals surface area contributed by atoms with E-state index >= 15 is 0 Å². The van der Waals surface area contributed by atoms with Crippen LogP contribution in [0.25, 0.3) is 0 Å². The van der Waals surface area contributed by atoms with Crippen LogP contribution in [0.4, 0.5) is 5.69 Å². The summed E-state index contributed by atoms with van der Waals surface area (Å²) in [5.74, 6) is -0.748. The second-order valence-electron chi connectivity index (χ2n) is 11.2. The number of aryl methyl sites for hydroxylation is 2. The quantitative estimate of drug-likeness (QED) is 0.154. The van der Waals surface area contributed by atoms with Crippen LogP contribution >= 0.6 is 23.2 Å². The maximum Gasteiger partial charge on any atom is 0.264 e. The van der Waals surface area contributed by atoms with Gasteiger partial charge in [-0.3, -0.25) is 13.9 Å². The van der Waals surface area contributed by atoms with Gasteiger partial charge in [0.25, 0.3) is 10.0 Å². The van der Waals surface area contributed by atoms with Crippen molar-refractivity contribution >= 4 is 50.7 Å². The molecular formula is C36H39Cl2N3O5S. The molecule has 0 spiro atoms. The third-order valence-electron chi connectivity index (χ3n) is 7.70. The molecule has 2 amide bonds. The first kappa shape index (κ1) is 35.8. The van der Waals surface area contributed by atoms with E-state index in [1.165, 1.54) is 24.1 Å². The Hall–Kier alpha value is -4.05. The van der Waals surface area contributed by atoms with Crippen LogP contribution in [0.1, 0.15) is 35.6 Å². The van der Waals surface area contributed by atoms with Gasteiger partial charge in [-0.2, -0.15) is 0 Å². The molecule has 47 heavy (non-hydrogen) atoms. The maximum absolute atomic E-state index is 14.7. The van der Waals surface area contributed by atoms with Gasteiger partial charge in [0, 0.05) is 35.1 Å². The molecule has 8 nitrogen and oxygen atoms in total. The molecule has 4 rings (SSSR count). The Kier molecular flexibility index (Phi) is 12.3. The SMILES string of the molecule is CCCNC(=O)[C@H](Cc1ccccc1)N(Cc1c(Cl)cccc1Cl)C(=O)CN(c1cc(C)ccc1OC)S(=O)(=O)c1ccc(C)cc1. The van der Waals surface area contributed by atoms with Crippen LogP contribution in [0.5, 0.6) is 5.75 Å². The molecule has 1 atom stereocenters. The Bertz CT molecular complexity index is 1780. The molecule has 0 aromatic heterocycles. The average molecular weight is 697 g/mol. The lowest BCUT2D eigenvalue weighted by atomic mass is 10.0. The number of hydrogen-bond donors (Lipinski definition) is 1. The van der Waals surface area contributed by atoms with Gasteiger partial charge in [0.15, 0.2) is 0 Å². The number of benzene rings is 4. The van der Waals surface area contributed by atoms with Gasteiger partial charge in [-0.1, -0.05) is 90.3 Å². The fourth-order valence-electron chi connectivity index (χ4n) is 5.12. The number of methoxy groups -OCH3 is 1. The molecule has 0 saturated carbocycles. The Morgan fingerprint density at radius 1 is 0.872 bits per heavy atom. The summed E-state index contributed by atoms with van der Waals surface area (Å²) >= 11 is 13.2. The summed E-state index contributed by atoms with van der Waals surface area (Å²) in [6.07, 6.45) is 0.854. The summed E-state index contributed by atoms with van der Waals surface area (Å²) in [4.78, 5) is 29.9. The van der Waals surface area contributed by atoms with E-state index < -0.39 is 28.5 Å². The highest BCUT2D eigenvalue weighted by atomic mass is 35.5. The number of ether oxygens (including phenoxy) is 1. The van der Waals surface area contributed by atoms with E-state index in [0.717, 1.165) is 21.0 Å². The second-order valence-corrected chi connectivity index (χ2v) is 13.9. The van der Waals surface area contributed by atoms with Gasteiger partial charge in [0.2, 0.25) is 11.8 Å². The van der Waals surface area contributed by atoms with Crippen molar-refractivity contribution in [3.63, 3.8) is 0 Å². The molecule has 0 saturated heterocycles. The summed E-state index contributed by atoms with van der Waals surface area (Å²) in [5.41, 5.74) is 3.08. The van der Waals surface area contributed by atoms with E-state index in [-0.39, 0.29) is 35.2 Å². The zero-order valence-corrected chi connectivity index (χ0v) is 29.2. The van der Waals surface area contributed by atoms with Crippen molar-refractivity contribution in [2.24, 2.45) is 0 Å². The zero-order valence-electron chi connectivity index (χ0n) is 26.9. The van der Waals surface area contributed by atoms with Crippen LogP contribution in [0.3, 0.4) is 0 Å². The summed E-state index contributed by atoms with van der Waals surface area (Å²) in [7, 11) is -2.87. The van der Waals surface area contributed by atoms with Crippen LogP contribution in [0, 0.1) is 13.8 Å². The average Bonchev–Trinajstić information content (AvgIpc) is 3.05. The summed E-state index contributed by atoms with van der Waals surface area (Å²) < 4.78 is 35.3. The number of nitrogens with one attached hydrogen (secondary N) is 1. The summed E-state index contributed by atoms with van der Waals surface area (Å²) in [6, 6.07) is 24.8. The molecule has 0 aliphatic carbocycles. The molecule has 0 fully saturated rings. The van der Waals surface area contributed by atoms with Crippen LogP contribution in [-0.4, -0.2) is 51.4 Å². The molecule has 4 aromatic carbocycles. The molecule has 1 N–H and O–H groups in total. The first-order valence-electron chi connectivity index (χ1n) is 15.2. The van der Waals surface area contributed by atoms with Gasteiger partial charge in [-0.15, -0.1) is 0 Å². The van der Waals surface area contributed by atoms with E-state index in [1.807, 2.05) is 51.1 Å². The smallest absolute Gasteiger partial charge is 0.264 e. The van der Waals surface area contributed by atoms with Crippen LogP contribution in [-0.2, 0) is 32.6 Å². The molecule has 0 aliphatic rings. The molecule has 0 heterocycles. The van der Waals surface area contributed by atoms with Gasteiger partial charge >= 0.3 is 0 Å². The monoisotopic (exact) mass is 695 g/mol. The number of carbonyl (C=O) groups is 2. The lowest BCUT2D eigenvalue weighted by molar-refractivity contribution is -0.140. The largest absolute Gasteiger partial charge is 0.495 e. The number of carbonyl (C=O) groups excluding carboxylic acids is 2. The zero-order chi connectivity index (χ0) is 34.1. The third-order valence-corrected chi connectivity index (χ3v) is 10.2. The van der Waals surface area contributed by atoms with E-state index in [2.05, 4.69) is 5.32 Å². The minimum absolute atomic E-state index is 0.00156. The molecule has 11 heteroatoms. The predicted molar refractivity (Wildman–Crippen MR) is 188 cm³/mol. The topological polar surface area (TPSA) is 96.0 Å². The van der Waals surface area contributed by atoms with Crippen LogP contribution in [0.15, 0.2) is 95.9 Å². The minimum Gasteiger partial charge on any atom is -0.495 e. The number of nitrogens with zero attached hydrogens (tertiary/aromatic N) is 2. The van der Waals surface area contributed by atoms with Crippen molar-refractivity contribution in [2.75, 3.05) is 24.5 Å². The number of halogens is 2. The van der Waals surface area contributed by atoms with Gasteiger partial charge in [-0.05, 0) is 67.8 Å². The van der Waals surface area contributed by atoms with Crippen molar-refractivity contribution < 1.29 is 22.7 Å². The molecule has 0 radical (unpaired) electrons. The molecular weight excluding hydrogens is 657 g/mol. The van der Waals surface area contributed by atoms with Gasteiger partial charge in [0.1, 0.15) is 18.3 Å². The Labute approximate surface area is 287 Å². The standard InChI is InChI=1S/C36H39Cl2N3O5S/c1-5-20-39-36(43)33(22-27-10-7-6-8-11-27)40(23-29-30(37)12-9-13-31(29)38)35(42)24-41(32-21-26(3)16-19-34(32)46-4)47(44,45)28-17-14-25(2)15-18-28/h6-19,21,33H,5,20,22-24H2,1-4H3,(H,39,43)/t33-/m0/s1. The second kappa shape index (κ2) is 16.2. The molecule has 248 valence electrons. The number of amides is 2.